The smallest absolute Gasteiger partial charge is 0.361 e. The lowest BCUT2D eigenvalue weighted by molar-refractivity contribution is -0.196. The molecule has 0 spiro atoms. The minimum Gasteiger partial charge on any atom is -0.478 e. The van der Waals surface area contributed by atoms with E-state index < -0.39 is 47.9 Å². The molecule has 0 unspecified atom stereocenters. The fourth-order valence-electron chi connectivity index (χ4n) is 2.11. The van der Waals surface area contributed by atoms with E-state index in [0.717, 1.165) is 12.3 Å². The number of aliphatic carboxylic acids is 1. The molecule has 2 rings (SSSR count). The highest BCUT2D eigenvalue weighted by Gasteiger charge is 2.61. The second-order valence-electron chi connectivity index (χ2n) is 4.26. The normalized spacial score (nSPS) is 33.2. The predicted molar refractivity (Wildman–Crippen MR) is 60.9 cm³/mol. The van der Waals surface area contributed by atoms with E-state index in [-0.39, 0.29) is 0 Å². The molecule has 1 aliphatic rings. The Bertz CT molecular complexity index is 637. The van der Waals surface area contributed by atoms with Crippen LogP contribution < -0.4 is 11.2 Å². The maximum atomic E-state index is 11.7. The van der Waals surface area contributed by atoms with Gasteiger partial charge in [-0.05, 0) is 0 Å². The van der Waals surface area contributed by atoms with Crippen LogP contribution in [0.4, 0.5) is 0 Å². The van der Waals surface area contributed by atoms with Crippen molar-refractivity contribution in [1.29, 1.82) is 0 Å². The van der Waals surface area contributed by atoms with Crippen molar-refractivity contribution in [2.24, 2.45) is 0 Å². The van der Waals surface area contributed by atoms with E-state index in [1.54, 1.807) is 0 Å². The summed E-state index contributed by atoms with van der Waals surface area (Å²) in [5, 5.41) is 37.8. The summed E-state index contributed by atoms with van der Waals surface area (Å²) < 4.78 is 5.43. The molecule has 20 heavy (non-hydrogen) atoms. The number of H-pyrrole nitrogens is 1. The van der Waals surface area contributed by atoms with Gasteiger partial charge in [0.15, 0.2) is 0 Å². The monoisotopic (exact) mass is 288 g/mol. The zero-order chi connectivity index (χ0) is 15.1. The number of rotatable bonds is 3. The molecule has 1 aromatic rings. The lowest BCUT2D eigenvalue weighted by Crippen LogP contribution is -2.56. The molecule has 0 radical (unpaired) electrons. The van der Waals surface area contributed by atoms with Crippen LogP contribution in [0.25, 0.3) is 0 Å². The van der Waals surface area contributed by atoms with Crippen LogP contribution in [0.3, 0.4) is 0 Å². The number of hydrogen-bond donors (Lipinski definition) is 5. The van der Waals surface area contributed by atoms with Crippen molar-refractivity contribution in [2.45, 2.75) is 24.0 Å². The minimum atomic E-state index is -2.63. The van der Waals surface area contributed by atoms with E-state index in [0.29, 0.717) is 4.57 Å². The number of carboxylic acid groups (broad SMARTS) is 1. The zero-order valence-corrected chi connectivity index (χ0v) is 9.96. The molecule has 1 saturated heterocycles. The van der Waals surface area contributed by atoms with Gasteiger partial charge in [-0.2, -0.15) is 0 Å². The molecular weight excluding hydrogens is 276 g/mol. The van der Waals surface area contributed by atoms with Crippen LogP contribution in [0.15, 0.2) is 21.9 Å². The van der Waals surface area contributed by atoms with E-state index in [4.69, 9.17) is 9.84 Å². The largest absolute Gasteiger partial charge is 0.478 e. The van der Waals surface area contributed by atoms with Gasteiger partial charge in [-0.1, -0.05) is 0 Å². The first kappa shape index (κ1) is 14.4. The number of carbonyl (C=O) groups is 1. The fourth-order valence-corrected chi connectivity index (χ4v) is 2.11. The first-order valence-corrected chi connectivity index (χ1v) is 5.55. The molecule has 2 heterocycles. The lowest BCUT2D eigenvalue weighted by Gasteiger charge is -2.28. The van der Waals surface area contributed by atoms with Crippen molar-refractivity contribution in [3.8, 4) is 0 Å². The Kier molecular flexibility index (Phi) is 3.48. The van der Waals surface area contributed by atoms with Crippen molar-refractivity contribution in [2.75, 3.05) is 6.61 Å². The van der Waals surface area contributed by atoms with Crippen molar-refractivity contribution < 1.29 is 30.0 Å². The highest BCUT2D eigenvalue weighted by molar-refractivity contribution is 5.76. The molecule has 5 N–H and O–H groups in total. The third-order valence-corrected chi connectivity index (χ3v) is 3.10. The maximum Gasteiger partial charge on any atom is 0.361 e. The van der Waals surface area contributed by atoms with Gasteiger partial charge in [-0.15, -0.1) is 0 Å². The summed E-state index contributed by atoms with van der Waals surface area (Å²) in [6.07, 6.45) is -4.29. The molecule has 1 aliphatic heterocycles. The average Bonchev–Trinajstić information content (AvgIpc) is 2.64. The quantitative estimate of drug-likeness (QED) is 0.381. The van der Waals surface area contributed by atoms with Gasteiger partial charge in [-0.3, -0.25) is 14.3 Å². The van der Waals surface area contributed by atoms with E-state index in [9.17, 15) is 29.7 Å². The number of aliphatic hydroxyl groups is 3. The van der Waals surface area contributed by atoms with Gasteiger partial charge < -0.3 is 25.2 Å². The Morgan fingerprint density at radius 1 is 1.45 bits per heavy atom. The zero-order valence-electron chi connectivity index (χ0n) is 9.96. The number of aromatic nitrogens is 2. The molecular formula is C10H12N2O8. The Morgan fingerprint density at radius 2 is 2.10 bits per heavy atom. The molecule has 0 amide bonds. The Labute approximate surface area is 110 Å². The van der Waals surface area contributed by atoms with Gasteiger partial charge >= 0.3 is 11.7 Å². The predicted octanol–water partition coefficient (Wildman–Crippen LogP) is -3.61. The number of ether oxygens (including phenoxy) is 1. The molecule has 0 aliphatic carbocycles. The third-order valence-electron chi connectivity index (χ3n) is 3.10. The van der Waals surface area contributed by atoms with E-state index in [1.807, 2.05) is 4.98 Å². The Balaban J connectivity index is 2.65. The second kappa shape index (κ2) is 4.83. The van der Waals surface area contributed by atoms with Gasteiger partial charge in [0.25, 0.3) is 11.3 Å². The number of nitrogens with zero attached hydrogens (tertiary/aromatic N) is 1. The summed E-state index contributed by atoms with van der Waals surface area (Å²) in [5.41, 5.74) is -4.53. The highest BCUT2D eigenvalue weighted by atomic mass is 16.6. The van der Waals surface area contributed by atoms with Gasteiger partial charge in [0.2, 0.25) is 0 Å². The van der Waals surface area contributed by atoms with Crippen molar-refractivity contribution in [3.63, 3.8) is 0 Å². The van der Waals surface area contributed by atoms with Crippen LogP contribution in [0, 0.1) is 0 Å². The number of aromatic amines is 1. The molecule has 1 aromatic heterocycles. The van der Waals surface area contributed by atoms with Crippen molar-refractivity contribution in [3.05, 3.63) is 33.1 Å². The molecule has 0 saturated carbocycles. The minimum absolute atomic E-state index is 0.445. The molecule has 1 fully saturated rings. The van der Waals surface area contributed by atoms with Gasteiger partial charge in [0.1, 0.15) is 18.3 Å². The molecule has 10 heteroatoms. The third kappa shape index (κ3) is 1.86. The number of hydrogen-bond acceptors (Lipinski definition) is 7. The standard InChI is InChI=1S/C10H12N2O8/c13-3-4-6(15)7(16)10(20-4,8(17)18)12-2-1-5(14)11-9(12)19/h1-2,4,6-7,13,15-16H,3H2,(H,17,18)(H,11,14,19)/t4-,6-,7-,10+/m1/s1. The van der Waals surface area contributed by atoms with Crippen LogP contribution in [0.2, 0.25) is 0 Å². The maximum absolute atomic E-state index is 11.7. The van der Waals surface area contributed by atoms with E-state index in [1.165, 1.54) is 0 Å². The van der Waals surface area contributed by atoms with Crippen molar-refractivity contribution >= 4 is 5.97 Å². The molecule has 0 aromatic carbocycles. The molecule has 110 valence electrons. The summed E-state index contributed by atoms with van der Waals surface area (Å²) >= 11 is 0. The lowest BCUT2D eigenvalue weighted by atomic mass is 10.0. The Morgan fingerprint density at radius 3 is 2.55 bits per heavy atom. The molecule has 10 nitrogen and oxygen atoms in total. The second-order valence-corrected chi connectivity index (χ2v) is 4.26. The van der Waals surface area contributed by atoms with Gasteiger partial charge in [0.05, 0.1) is 6.61 Å². The van der Waals surface area contributed by atoms with E-state index >= 15 is 0 Å². The van der Waals surface area contributed by atoms with Crippen LogP contribution in [0.1, 0.15) is 0 Å². The van der Waals surface area contributed by atoms with Gasteiger partial charge in [-0.25, -0.2) is 9.59 Å². The summed E-state index contributed by atoms with van der Waals surface area (Å²) in [6, 6.07) is 0.862. The highest BCUT2D eigenvalue weighted by Crippen LogP contribution is 2.34. The summed E-state index contributed by atoms with van der Waals surface area (Å²) in [5.74, 6) is -1.76. The number of nitrogens with one attached hydrogen (secondary N) is 1. The van der Waals surface area contributed by atoms with Crippen LogP contribution in [-0.2, 0) is 15.3 Å². The summed E-state index contributed by atoms with van der Waals surface area (Å²) in [7, 11) is 0. The average molecular weight is 288 g/mol. The SMILES string of the molecule is O=C(O)[C@@]1(n2ccc(=O)[nH]c2=O)O[C@H](CO)[C@@H](O)[C@H]1O. The van der Waals surface area contributed by atoms with E-state index in [2.05, 4.69) is 0 Å². The Hall–Kier alpha value is -2.01. The number of aliphatic hydroxyl groups excluding tert-OH is 3. The van der Waals surface area contributed by atoms with Gasteiger partial charge in [0, 0.05) is 12.3 Å². The first-order valence-electron chi connectivity index (χ1n) is 5.55. The van der Waals surface area contributed by atoms with Crippen LogP contribution in [0.5, 0.6) is 0 Å². The fraction of sp³-hybridized carbons (Fsp3) is 0.500. The topological polar surface area (TPSA) is 162 Å². The summed E-state index contributed by atoms with van der Waals surface area (Å²) in [4.78, 5) is 35.9. The van der Waals surface area contributed by atoms with Crippen LogP contribution in [-0.4, -0.2) is 60.9 Å². The van der Waals surface area contributed by atoms with Crippen molar-refractivity contribution in [1.82, 2.24) is 9.55 Å². The molecule has 0 bridgehead atoms. The first-order chi connectivity index (χ1) is 9.34. The van der Waals surface area contributed by atoms with Crippen LogP contribution >= 0.6 is 0 Å². The summed E-state index contributed by atoms with van der Waals surface area (Å²) in [6.45, 7) is -0.759. The molecule has 4 atom stereocenters. The number of carboxylic acids is 1.